The van der Waals surface area contributed by atoms with E-state index in [2.05, 4.69) is 15.0 Å². The van der Waals surface area contributed by atoms with Gasteiger partial charge in [-0.25, -0.2) is 4.79 Å². The number of nitrogens with one attached hydrogen (secondary N) is 1. The first-order valence-corrected chi connectivity index (χ1v) is 9.86. The van der Waals surface area contributed by atoms with Crippen molar-refractivity contribution in [3.63, 3.8) is 0 Å². The van der Waals surface area contributed by atoms with Crippen molar-refractivity contribution in [2.45, 2.75) is 38.5 Å². The number of urea groups is 1. The van der Waals surface area contributed by atoms with E-state index >= 15 is 0 Å². The Morgan fingerprint density at radius 3 is 2.58 bits per heavy atom. The van der Waals surface area contributed by atoms with Crippen molar-refractivity contribution in [3.8, 4) is 5.75 Å². The van der Waals surface area contributed by atoms with Crippen LogP contribution in [0, 0.1) is 0 Å². The van der Waals surface area contributed by atoms with Gasteiger partial charge in [-0.05, 0) is 49.1 Å². The Hall–Kier alpha value is -3.55. The van der Waals surface area contributed by atoms with Crippen LogP contribution in [0.2, 0.25) is 0 Å². The predicted molar refractivity (Wildman–Crippen MR) is 111 cm³/mol. The molecule has 0 saturated carbocycles. The molecule has 0 bridgehead atoms. The van der Waals surface area contributed by atoms with Gasteiger partial charge in [0.25, 0.3) is 5.91 Å². The van der Waals surface area contributed by atoms with Crippen LogP contribution in [-0.2, 0) is 17.8 Å². The predicted octanol–water partition coefficient (Wildman–Crippen LogP) is 4.28. The van der Waals surface area contributed by atoms with Crippen LogP contribution in [0.25, 0.3) is 10.9 Å². The first-order chi connectivity index (χ1) is 14.9. The number of carbonyl (C=O) groups excluding carboxylic acids is 2. The average molecular weight is 425 g/mol. The van der Waals surface area contributed by atoms with E-state index in [1.165, 1.54) is 17.0 Å². The molecule has 1 aromatic heterocycles. The molecule has 4 rings (SSSR count). The molecular formula is C23H21F2N3O3. The van der Waals surface area contributed by atoms with Gasteiger partial charge in [-0.2, -0.15) is 8.78 Å². The molecule has 6 nitrogen and oxygen atoms in total. The topological polar surface area (TPSA) is 71.5 Å². The van der Waals surface area contributed by atoms with E-state index in [4.69, 9.17) is 0 Å². The lowest BCUT2D eigenvalue weighted by Crippen LogP contribution is -2.44. The number of para-hydroxylation sites is 1. The molecule has 160 valence electrons. The summed E-state index contributed by atoms with van der Waals surface area (Å²) in [5, 5.41) is 3.74. The highest BCUT2D eigenvalue weighted by molar-refractivity contribution is 6.06. The third-order valence-corrected chi connectivity index (χ3v) is 5.45. The molecule has 1 fully saturated rings. The van der Waals surface area contributed by atoms with Gasteiger partial charge in [0.2, 0.25) is 0 Å². The number of ether oxygens (including phenoxy) is 1. The minimum Gasteiger partial charge on any atom is -0.435 e. The Morgan fingerprint density at radius 2 is 1.84 bits per heavy atom. The molecule has 1 aliphatic rings. The van der Waals surface area contributed by atoms with Crippen LogP contribution in [0.4, 0.5) is 13.6 Å². The van der Waals surface area contributed by atoms with Gasteiger partial charge in [0, 0.05) is 11.6 Å². The summed E-state index contributed by atoms with van der Waals surface area (Å²) in [7, 11) is 0. The van der Waals surface area contributed by atoms with E-state index in [0.29, 0.717) is 12.8 Å². The van der Waals surface area contributed by atoms with Crippen molar-refractivity contribution in [1.82, 2.24) is 15.2 Å². The van der Waals surface area contributed by atoms with Crippen LogP contribution in [0.5, 0.6) is 5.75 Å². The second-order valence-corrected chi connectivity index (χ2v) is 7.67. The Kier molecular flexibility index (Phi) is 5.54. The van der Waals surface area contributed by atoms with Crippen LogP contribution in [0.1, 0.15) is 24.5 Å². The number of aromatic nitrogens is 1. The summed E-state index contributed by atoms with van der Waals surface area (Å²) in [4.78, 5) is 31.3. The number of hydrogen-bond donors (Lipinski definition) is 1. The zero-order chi connectivity index (χ0) is 22.0. The molecule has 1 saturated heterocycles. The molecular weight excluding hydrogens is 404 g/mol. The summed E-state index contributed by atoms with van der Waals surface area (Å²) in [5.41, 5.74) is 1.35. The molecule has 2 heterocycles. The first-order valence-electron chi connectivity index (χ1n) is 9.86. The number of imide groups is 1. The third-order valence-electron chi connectivity index (χ3n) is 5.45. The van der Waals surface area contributed by atoms with Gasteiger partial charge in [0.05, 0.1) is 12.1 Å². The Morgan fingerprint density at radius 1 is 1.10 bits per heavy atom. The van der Waals surface area contributed by atoms with E-state index in [1.54, 1.807) is 25.3 Å². The van der Waals surface area contributed by atoms with Crippen LogP contribution >= 0.6 is 0 Å². The van der Waals surface area contributed by atoms with Gasteiger partial charge in [0.1, 0.15) is 11.3 Å². The second kappa shape index (κ2) is 8.29. The highest BCUT2D eigenvalue weighted by Crippen LogP contribution is 2.27. The minimum atomic E-state index is -2.88. The van der Waals surface area contributed by atoms with Gasteiger partial charge in [-0.1, -0.05) is 36.4 Å². The van der Waals surface area contributed by atoms with Gasteiger partial charge in [0.15, 0.2) is 0 Å². The fourth-order valence-electron chi connectivity index (χ4n) is 3.76. The third kappa shape index (κ3) is 4.33. The minimum absolute atomic E-state index is 0.0741. The standard InChI is InChI=1S/C23H21F2N3O3/c1-23(12-11-15-7-9-18(10-8-15)31-21(24)25)20(29)28(22(30)27-23)14-17-5-2-4-16-6-3-13-26-19(16)17/h2-10,13,21H,11-12,14H2,1H3,(H,27,30). The van der Waals surface area contributed by atoms with Crippen molar-refractivity contribution < 1.29 is 23.1 Å². The zero-order valence-electron chi connectivity index (χ0n) is 16.8. The maximum atomic E-state index is 13.1. The fraction of sp³-hybridized carbons (Fsp3) is 0.261. The average Bonchev–Trinajstić information content (AvgIpc) is 2.96. The number of aryl methyl sites for hydroxylation is 1. The largest absolute Gasteiger partial charge is 0.435 e. The van der Waals surface area contributed by atoms with Crippen molar-refractivity contribution in [1.29, 1.82) is 0 Å². The van der Waals surface area contributed by atoms with E-state index < -0.39 is 18.2 Å². The maximum Gasteiger partial charge on any atom is 0.387 e. The quantitative estimate of drug-likeness (QED) is 0.574. The second-order valence-electron chi connectivity index (χ2n) is 7.67. The summed E-state index contributed by atoms with van der Waals surface area (Å²) >= 11 is 0. The van der Waals surface area contributed by atoms with E-state index in [9.17, 15) is 18.4 Å². The number of benzene rings is 2. The first kappa shape index (κ1) is 20.7. The summed E-state index contributed by atoms with van der Waals surface area (Å²) in [6.45, 7) is -1.05. The number of halogens is 2. The number of alkyl halides is 2. The molecule has 1 unspecified atom stereocenters. The number of fused-ring (bicyclic) bond motifs is 1. The molecule has 1 N–H and O–H groups in total. The smallest absolute Gasteiger partial charge is 0.387 e. The van der Waals surface area contributed by atoms with E-state index in [-0.39, 0.29) is 18.2 Å². The lowest BCUT2D eigenvalue weighted by Gasteiger charge is -2.22. The van der Waals surface area contributed by atoms with Crippen molar-refractivity contribution in [2.75, 3.05) is 0 Å². The zero-order valence-corrected chi connectivity index (χ0v) is 16.8. The molecule has 31 heavy (non-hydrogen) atoms. The Labute approximate surface area is 177 Å². The molecule has 3 amide bonds. The van der Waals surface area contributed by atoms with Crippen LogP contribution < -0.4 is 10.1 Å². The summed E-state index contributed by atoms with van der Waals surface area (Å²) in [6.07, 6.45) is 2.54. The molecule has 2 aromatic carbocycles. The van der Waals surface area contributed by atoms with Gasteiger partial charge in [-0.15, -0.1) is 0 Å². The Bertz CT molecular complexity index is 1120. The number of pyridine rings is 1. The fourth-order valence-corrected chi connectivity index (χ4v) is 3.76. The van der Waals surface area contributed by atoms with Crippen molar-refractivity contribution in [3.05, 3.63) is 71.9 Å². The SMILES string of the molecule is CC1(CCc2ccc(OC(F)F)cc2)NC(=O)N(Cc2cccc3cccnc23)C1=O. The number of nitrogens with zero attached hydrogens (tertiary/aromatic N) is 2. The van der Waals surface area contributed by atoms with Crippen LogP contribution in [-0.4, -0.2) is 34.0 Å². The van der Waals surface area contributed by atoms with Crippen LogP contribution in [0.15, 0.2) is 60.8 Å². The normalized spacial score (nSPS) is 18.6. The molecule has 8 heteroatoms. The van der Waals surface area contributed by atoms with E-state index in [1.807, 2.05) is 30.3 Å². The molecule has 1 atom stereocenters. The number of hydrogen-bond acceptors (Lipinski definition) is 4. The molecule has 0 radical (unpaired) electrons. The lowest BCUT2D eigenvalue weighted by molar-refractivity contribution is -0.131. The molecule has 1 aliphatic heterocycles. The number of rotatable bonds is 7. The van der Waals surface area contributed by atoms with Crippen molar-refractivity contribution >= 4 is 22.8 Å². The number of amides is 3. The highest BCUT2D eigenvalue weighted by Gasteiger charge is 2.47. The monoisotopic (exact) mass is 425 g/mol. The summed E-state index contributed by atoms with van der Waals surface area (Å²) < 4.78 is 28.9. The maximum absolute atomic E-state index is 13.1. The molecule has 0 spiro atoms. The highest BCUT2D eigenvalue weighted by atomic mass is 19.3. The summed E-state index contributed by atoms with van der Waals surface area (Å²) in [6, 6.07) is 15.2. The number of carbonyl (C=O) groups is 2. The lowest BCUT2D eigenvalue weighted by atomic mass is 9.93. The Balaban J connectivity index is 1.45. The van der Waals surface area contributed by atoms with Gasteiger partial charge >= 0.3 is 12.6 Å². The summed E-state index contributed by atoms with van der Waals surface area (Å²) in [5.74, 6) is -0.229. The molecule has 3 aromatic rings. The van der Waals surface area contributed by atoms with Gasteiger partial charge in [-0.3, -0.25) is 14.7 Å². The van der Waals surface area contributed by atoms with Gasteiger partial charge < -0.3 is 10.1 Å². The molecule has 0 aliphatic carbocycles. The van der Waals surface area contributed by atoms with E-state index in [0.717, 1.165) is 22.0 Å². The van der Waals surface area contributed by atoms with Crippen molar-refractivity contribution in [2.24, 2.45) is 0 Å². The van der Waals surface area contributed by atoms with Crippen LogP contribution in [0.3, 0.4) is 0 Å².